The summed E-state index contributed by atoms with van der Waals surface area (Å²) in [5.74, 6) is 0. The van der Waals surface area contributed by atoms with Crippen LogP contribution in [-0.2, 0) is 5.41 Å². The van der Waals surface area contributed by atoms with Gasteiger partial charge in [0.15, 0.2) is 0 Å². The predicted octanol–water partition coefficient (Wildman–Crippen LogP) is 12.5. The van der Waals surface area contributed by atoms with Crippen LogP contribution in [0.15, 0.2) is 158 Å². The number of hydrogen-bond donors (Lipinski definition) is 1. The minimum atomic E-state index is 0.00203. The van der Waals surface area contributed by atoms with Crippen LogP contribution < -0.4 is 5.32 Å². The lowest BCUT2D eigenvalue weighted by Gasteiger charge is -2.21. The average molecular weight is 631 g/mol. The van der Waals surface area contributed by atoms with E-state index in [4.69, 9.17) is 0 Å². The molecule has 0 aliphatic heterocycles. The van der Waals surface area contributed by atoms with Crippen LogP contribution in [0.2, 0.25) is 0 Å². The number of hydrogen-bond acceptors (Lipinski definition) is 1. The van der Waals surface area contributed by atoms with E-state index in [-0.39, 0.29) is 5.41 Å². The highest BCUT2D eigenvalue weighted by Gasteiger charge is 2.35. The maximum absolute atomic E-state index is 3.62. The fourth-order valence-corrected chi connectivity index (χ4v) is 8.06. The fourth-order valence-electron chi connectivity index (χ4n) is 8.06. The van der Waals surface area contributed by atoms with E-state index in [1.54, 1.807) is 0 Å². The van der Waals surface area contributed by atoms with Gasteiger partial charge in [-0.15, -0.1) is 0 Å². The van der Waals surface area contributed by atoms with Crippen LogP contribution in [0, 0.1) is 0 Å². The van der Waals surface area contributed by atoms with Crippen LogP contribution in [0.1, 0.15) is 31.9 Å². The quantitative estimate of drug-likeness (QED) is 0.193. The van der Waals surface area contributed by atoms with Crippen molar-refractivity contribution in [2.24, 2.45) is 0 Å². The first-order chi connectivity index (χ1) is 24.0. The summed E-state index contributed by atoms with van der Waals surface area (Å²) in [7, 11) is 0. The largest absolute Gasteiger partial charge is 0.385 e. The van der Waals surface area contributed by atoms with Gasteiger partial charge >= 0.3 is 0 Å². The fraction of sp³-hybridized carbons (Fsp3) is 0.106. The molecule has 0 amide bonds. The first-order valence-electron chi connectivity index (χ1n) is 17.3. The van der Waals surface area contributed by atoms with Crippen LogP contribution in [-0.4, -0.2) is 11.1 Å². The van der Waals surface area contributed by atoms with Gasteiger partial charge in [-0.3, -0.25) is 0 Å². The number of fused-ring (bicyclic) bond motifs is 6. The lowest BCUT2D eigenvalue weighted by molar-refractivity contribution is 0.660. The molecule has 1 aromatic heterocycles. The molecule has 1 N–H and O–H groups in total. The van der Waals surface area contributed by atoms with Crippen molar-refractivity contribution in [3.05, 3.63) is 169 Å². The molecule has 1 heterocycles. The molecule has 1 aliphatic carbocycles. The average Bonchev–Trinajstić information content (AvgIpc) is 3.60. The molecule has 49 heavy (non-hydrogen) atoms. The lowest BCUT2D eigenvalue weighted by atomic mass is 9.82. The van der Waals surface area contributed by atoms with Gasteiger partial charge in [-0.05, 0) is 106 Å². The third kappa shape index (κ3) is 4.70. The molecule has 0 spiro atoms. The van der Waals surface area contributed by atoms with Crippen molar-refractivity contribution in [2.45, 2.75) is 26.2 Å². The van der Waals surface area contributed by atoms with Crippen molar-refractivity contribution in [1.82, 2.24) is 4.57 Å². The van der Waals surface area contributed by atoms with Gasteiger partial charge in [0.25, 0.3) is 0 Å². The molecule has 0 saturated heterocycles. The van der Waals surface area contributed by atoms with E-state index in [1.165, 1.54) is 83.1 Å². The molecule has 2 heteroatoms. The molecule has 0 bridgehead atoms. The zero-order valence-electron chi connectivity index (χ0n) is 28.2. The molecule has 0 radical (unpaired) electrons. The van der Waals surface area contributed by atoms with Gasteiger partial charge in [0, 0.05) is 39.7 Å². The highest BCUT2D eigenvalue weighted by atomic mass is 15.0. The Morgan fingerprint density at radius 1 is 0.469 bits per heavy atom. The summed E-state index contributed by atoms with van der Waals surface area (Å²) in [6, 6.07) is 58.0. The number of para-hydroxylation sites is 2. The van der Waals surface area contributed by atoms with E-state index in [2.05, 4.69) is 188 Å². The topological polar surface area (TPSA) is 17.0 Å². The van der Waals surface area contributed by atoms with E-state index in [9.17, 15) is 0 Å². The SMILES string of the molecule is CCNc1ccc(-c2ccc(-c3ccc4c(c3)c3ccccc3n4-c3ccccc3)cc2)cc1-c1ccc2c(c1)-c1ccccc1C2(C)C. The third-order valence-corrected chi connectivity index (χ3v) is 10.5. The molecule has 7 aromatic carbocycles. The second kappa shape index (κ2) is 11.4. The molecule has 0 atom stereocenters. The van der Waals surface area contributed by atoms with Gasteiger partial charge in [0.1, 0.15) is 0 Å². The van der Waals surface area contributed by atoms with Crippen LogP contribution in [0.5, 0.6) is 0 Å². The summed E-state index contributed by atoms with van der Waals surface area (Å²) >= 11 is 0. The molecule has 236 valence electrons. The summed E-state index contributed by atoms with van der Waals surface area (Å²) in [6.07, 6.45) is 0. The number of anilines is 1. The Kier molecular flexibility index (Phi) is 6.81. The molecule has 2 nitrogen and oxygen atoms in total. The second-order valence-corrected chi connectivity index (χ2v) is 13.7. The van der Waals surface area contributed by atoms with Crippen LogP contribution in [0.3, 0.4) is 0 Å². The van der Waals surface area contributed by atoms with Gasteiger partial charge in [0.2, 0.25) is 0 Å². The Hall–Kier alpha value is -5.86. The van der Waals surface area contributed by atoms with Crippen LogP contribution in [0.25, 0.3) is 72.0 Å². The first-order valence-corrected chi connectivity index (χ1v) is 17.3. The van der Waals surface area contributed by atoms with Crippen molar-refractivity contribution in [2.75, 3.05) is 11.9 Å². The van der Waals surface area contributed by atoms with Crippen molar-refractivity contribution in [3.63, 3.8) is 0 Å². The standard InChI is InChI=1S/C47H38N2/c1-4-48-44-26-23-33(28-39(44)35-22-25-43-40(30-35)37-14-8-10-16-42(37)47(43,2)3)31-18-20-32(21-19-31)34-24-27-46-41(29-34)38-15-9-11-17-45(38)49(46)36-12-6-5-7-13-36/h5-30,48H,4H2,1-3H3. The van der Waals surface area contributed by atoms with Crippen molar-refractivity contribution >= 4 is 27.5 Å². The number of benzene rings is 7. The van der Waals surface area contributed by atoms with Crippen LogP contribution >= 0.6 is 0 Å². The van der Waals surface area contributed by atoms with Gasteiger partial charge < -0.3 is 9.88 Å². The number of nitrogens with one attached hydrogen (secondary N) is 1. The second-order valence-electron chi connectivity index (χ2n) is 13.7. The monoisotopic (exact) mass is 630 g/mol. The van der Waals surface area contributed by atoms with E-state index >= 15 is 0 Å². The Bertz CT molecular complexity index is 2520. The number of rotatable bonds is 6. The van der Waals surface area contributed by atoms with E-state index in [1.807, 2.05) is 0 Å². The Labute approximate surface area is 288 Å². The maximum Gasteiger partial charge on any atom is 0.0541 e. The summed E-state index contributed by atoms with van der Waals surface area (Å²) < 4.78 is 2.37. The molecule has 0 unspecified atom stereocenters. The molecule has 0 fully saturated rings. The summed E-state index contributed by atoms with van der Waals surface area (Å²) in [5, 5.41) is 6.16. The van der Waals surface area contributed by atoms with Crippen LogP contribution in [0.4, 0.5) is 5.69 Å². The van der Waals surface area contributed by atoms with Gasteiger partial charge in [-0.25, -0.2) is 0 Å². The van der Waals surface area contributed by atoms with E-state index < -0.39 is 0 Å². The Morgan fingerprint density at radius 2 is 1.06 bits per heavy atom. The Balaban J connectivity index is 1.09. The minimum Gasteiger partial charge on any atom is -0.385 e. The van der Waals surface area contributed by atoms with E-state index in [0.717, 1.165) is 12.2 Å². The van der Waals surface area contributed by atoms with Crippen molar-refractivity contribution in [1.29, 1.82) is 0 Å². The van der Waals surface area contributed by atoms with Gasteiger partial charge in [0.05, 0.1) is 11.0 Å². The predicted molar refractivity (Wildman–Crippen MR) is 209 cm³/mol. The Morgan fingerprint density at radius 3 is 1.86 bits per heavy atom. The summed E-state index contributed by atoms with van der Waals surface area (Å²) in [4.78, 5) is 0. The van der Waals surface area contributed by atoms with Crippen molar-refractivity contribution < 1.29 is 0 Å². The van der Waals surface area contributed by atoms with Crippen molar-refractivity contribution in [3.8, 4) is 50.2 Å². The summed E-state index contributed by atoms with van der Waals surface area (Å²) in [5.41, 5.74) is 17.6. The molecule has 9 rings (SSSR count). The number of aromatic nitrogens is 1. The van der Waals surface area contributed by atoms with Gasteiger partial charge in [-0.1, -0.05) is 123 Å². The zero-order chi connectivity index (χ0) is 33.1. The number of nitrogens with zero attached hydrogens (tertiary/aromatic N) is 1. The zero-order valence-corrected chi connectivity index (χ0v) is 28.2. The molecular formula is C47H38N2. The van der Waals surface area contributed by atoms with Gasteiger partial charge in [-0.2, -0.15) is 0 Å². The first kappa shape index (κ1) is 29.3. The molecular weight excluding hydrogens is 593 g/mol. The highest BCUT2D eigenvalue weighted by Crippen LogP contribution is 2.50. The molecule has 1 aliphatic rings. The summed E-state index contributed by atoms with van der Waals surface area (Å²) in [6.45, 7) is 7.71. The molecule has 0 saturated carbocycles. The third-order valence-electron chi connectivity index (χ3n) is 10.5. The smallest absolute Gasteiger partial charge is 0.0541 e. The normalized spacial score (nSPS) is 13.0. The minimum absolute atomic E-state index is 0.00203. The highest BCUT2D eigenvalue weighted by molar-refractivity contribution is 6.10. The maximum atomic E-state index is 3.62. The van der Waals surface area contributed by atoms with E-state index in [0.29, 0.717) is 0 Å². The molecule has 8 aromatic rings. The lowest BCUT2D eigenvalue weighted by Crippen LogP contribution is -2.14.